The third-order valence-electron chi connectivity index (χ3n) is 9.21. The van der Waals surface area contributed by atoms with Gasteiger partial charge in [0.25, 0.3) is 0 Å². The van der Waals surface area contributed by atoms with E-state index in [1.807, 2.05) is 0 Å². The molecule has 2 heteroatoms. The quantitative estimate of drug-likeness (QED) is 0.180. The molecule has 0 radical (unpaired) electrons. The van der Waals surface area contributed by atoms with E-state index >= 15 is 0 Å². The van der Waals surface area contributed by atoms with Gasteiger partial charge in [0, 0.05) is 11.3 Å². The SMILES string of the molecule is c1ccc(-c2ccc3c(-c4ccccc4-c4nc5ccccc5n4-c4ccccc4)c4ccccc4c(-c4ccccc4)c3c2)cc1. The maximum Gasteiger partial charge on any atom is 0.146 e. The Bertz CT molecular complexity index is 2550. The topological polar surface area (TPSA) is 17.8 Å². The lowest BCUT2D eigenvalue weighted by atomic mass is 9.83. The number of imidazole rings is 1. The van der Waals surface area contributed by atoms with Crippen molar-refractivity contribution in [1.29, 1.82) is 0 Å². The lowest BCUT2D eigenvalue weighted by Crippen LogP contribution is -1.99. The highest BCUT2D eigenvalue weighted by atomic mass is 15.1. The first-order chi connectivity index (χ1) is 23.3. The van der Waals surface area contributed by atoms with E-state index < -0.39 is 0 Å². The summed E-state index contributed by atoms with van der Waals surface area (Å²) in [7, 11) is 0. The van der Waals surface area contributed by atoms with E-state index in [0.29, 0.717) is 0 Å². The van der Waals surface area contributed by atoms with Crippen molar-refractivity contribution in [3.63, 3.8) is 0 Å². The summed E-state index contributed by atoms with van der Waals surface area (Å²) < 4.78 is 2.30. The van der Waals surface area contributed by atoms with E-state index in [1.165, 1.54) is 49.4 Å². The van der Waals surface area contributed by atoms with E-state index in [4.69, 9.17) is 4.98 Å². The molecule has 0 spiro atoms. The highest BCUT2D eigenvalue weighted by Gasteiger charge is 2.22. The molecule has 9 aromatic rings. The van der Waals surface area contributed by atoms with Crippen LogP contribution in [-0.2, 0) is 0 Å². The fourth-order valence-corrected chi connectivity index (χ4v) is 7.14. The van der Waals surface area contributed by atoms with E-state index in [9.17, 15) is 0 Å². The number of rotatable bonds is 5. The number of fused-ring (bicyclic) bond motifs is 3. The number of benzene rings is 8. The Morgan fingerprint density at radius 3 is 1.66 bits per heavy atom. The van der Waals surface area contributed by atoms with Crippen LogP contribution < -0.4 is 0 Å². The summed E-state index contributed by atoms with van der Waals surface area (Å²) in [5.74, 6) is 0.929. The van der Waals surface area contributed by atoms with Gasteiger partial charge in [-0.1, -0.05) is 152 Å². The Kier molecular flexibility index (Phi) is 6.50. The largest absolute Gasteiger partial charge is 0.292 e. The smallest absolute Gasteiger partial charge is 0.146 e. The average Bonchev–Trinajstić information content (AvgIpc) is 3.54. The molecule has 0 aliphatic carbocycles. The van der Waals surface area contributed by atoms with Crippen molar-refractivity contribution in [2.45, 2.75) is 0 Å². The zero-order valence-electron chi connectivity index (χ0n) is 25.7. The monoisotopic (exact) mass is 598 g/mol. The fourth-order valence-electron chi connectivity index (χ4n) is 7.14. The first-order valence-electron chi connectivity index (χ1n) is 16.1. The summed E-state index contributed by atoms with van der Waals surface area (Å²) >= 11 is 0. The second-order valence-corrected chi connectivity index (χ2v) is 11.9. The molecule has 1 aromatic heterocycles. The first kappa shape index (κ1) is 27.1. The van der Waals surface area contributed by atoms with Gasteiger partial charge in [0.2, 0.25) is 0 Å². The van der Waals surface area contributed by atoms with Crippen LogP contribution in [0.4, 0.5) is 0 Å². The number of hydrogen-bond donors (Lipinski definition) is 0. The van der Waals surface area contributed by atoms with Crippen LogP contribution in [0, 0.1) is 0 Å². The predicted molar refractivity (Wildman–Crippen MR) is 198 cm³/mol. The maximum atomic E-state index is 5.29. The first-order valence-corrected chi connectivity index (χ1v) is 16.1. The zero-order valence-corrected chi connectivity index (χ0v) is 25.7. The Morgan fingerprint density at radius 1 is 0.362 bits per heavy atom. The summed E-state index contributed by atoms with van der Waals surface area (Å²) in [6, 6.07) is 65.1. The molecule has 0 fully saturated rings. The third kappa shape index (κ3) is 4.54. The van der Waals surface area contributed by atoms with Gasteiger partial charge in [0.1, 0.15) is 5.82 Å². The maximum absolute atomic E-state index is 5.29. The molecule has 2 nitrogen and oxygen atoms in total. The van der Waals surface area contributed by atoms with Gasteiger partial charge in [0.15, 0.2) is 0 Å². The molecule has 220 valence electrons. The van der Waals surface area contributed by atoms with Crippen LogP contribution in [0.25, 0.3) is 83.0 Å². The molecule has 0 aliphatic rings. The molecule has 0 atom stereocenters. The molecule has 0 saturated carbocycles. The van der Waals surface area contributed by atoms with Crippen molar-refractivity contribution in [2.75, 3.05) is 0 Å². The Hall–Kier alpha value is -6.25. The van der Waals surface area contributed by atoms with E-state index in [1.54, 1.807) is 0 Å². The summed E-state index contributed by atoms with van der Waals surface area (Å²) in [5, 5.41) is 4.91. The second-order valence-electron chi connectivity index (χ2n) is 11.9. The molecule has 8 aromatic carbocycles. The molecule has 47 heavy (non-hydrogen) atoms. The normalized spacial score (nSPS) is 11.4. The average molecular weight is 599 g/mol. The Balaban J connectivity index is 1.40. The summed E-state index contributed by atoms with van der Waals surface area (Å²) in [4.78, 5) is 5.29. The van der Waals surface area contributed by atoms with Crippen LogP contribution in [0.1, 0.15) is 0 Å². The van der Waals surface area contributed by atoms with Crippen molar-refractivity contribution in [2.24, 2.45) is 0 Å². The molecular weight excluding hydrogens is 569 g/mol. The zero-order chi connectivity index (χ0) is 31.2. The minimum Gasteiger partial charge on any atom is -0.292 e. The number of hydrogen-bond acceptors (Lipinski definition) is 1. The standard InChI is InChI=1S/C45H30N2/c1-4-16-31(17-5-1)33-28-29-38-40(30-33)43(32-18-6-2-7-19-32)35-22-10-11-23-36(35)44(38)37-24-12-13-25-39(37)45-46-41-26-14-15-27-42(41)47(45)34-20-8-3-9-21-34/h1-30H. The minimum atomic E-state index is 0.929. The van der Waals surface area contributed by atoms with Gasteiger partial charge in [-0.2, -0.15) is 0 Å². The Morgan fingerprint density at radius 2 is 0.915 bits per heavy atom. The van der Waals surface area contributed by atoms with Crippen LogP contribution in [0.5, 0.6) is 0 Å². The number of para-hydroxylation sites is 3. The minimum absolute atomic E-state index is 0.929. The van der Waals surface area contributed by atoms with Crippen LogP contribution in [0.15, 0.2) is 182 Å². The molecule has 0 aliphatic heterocycles. The summed E-state index contributed by atoms with van der Waals surface area (Å²) in [5.41, 5.74) is 11.5. The van der Waals surface area contributed by atoms with E-state index in [0.717, 1.165) is 33.7 Å². The highest BCUT2D eigenvalue weighted by molar-refractivity contribution is 6.23. The van der Waals surface area contributed by atoms with Crippen molar-refractivity contribution < 1.29 is 0 Å². The van der Waals surface area contributed by atoms with Gasteiger partial charge in [-0.05, 0) is 85.3 Å². The molecule has 0 unspecified atom stereocenters. The van der Waals surface area contributed by atoms with Crippen LogP contribution in [0.2, 0.25) is 0 Å². The van der Waals surface area contributed by atoms with Crippen LogP contribution in [-0.4, -0.2) is 9.55 Å². The van der Waals surface area contributed by atoms with E-state index in [2.05, 4.69) is 187 Å². The predicted octanol–water partition coefficient (Wildman–Crippen LogP) is 12.0. The van der Waals surface area contributed by atoms with Crippen molar-refractivity contribution in [3.05, 3.63) is 182 Å². The molecule has 0 saturated heterocycles. The second kappa shape index (κ2) is 11.3. The molecule has 0 bridgehead atoms. The molecule has 1 heterocycles. The van der Waals surface area contributed by atoms with Crippen LogP contribution in [0.3, 0.4) is 0 Å². The highest BCUT2D eigenvalue weighted by Crippen LogP contribution is 2.47. The van der Waals surface area contributed by atoms with Crippen LogP contribution >= 0.6 is 0 Å². The van der Waals surface area contributed by atoms with Crippen molar-refractivity contribution in [3.8, 4) is 50.5 Å². The van der Waals surface area contributed by atoms with Crippen molar-refractivity contribution >= 4 is 32.6 Å². The fraction of sp³-hybridized carbons (Fsp3) is 0. The van der Waals surface area contributed by atoms with E-state index in [-0.39, 0.29) is 0 Å². The number of aromatic nitrogens is 2. The molecule has 0 amide bonds. The lowest BCUT2D eigenvalue weighted by Gasteiger charge is -2.20. The van der Waals surface area contributed by atoms with Gasteiger partial charge < -0.3 is 0 Å². The molecular formula is C45H30N2. The lowest BCUT2D eigenvalue weighted by molar-refractivity contribution is 1.10. The summed E-state index contributed by atoms with van der Waals surface area (Å²) in [6.07, 6.45) is 0. The Labute approximate surface area is 273 Å². The van der Waals surface area contributed by atoms with Gasteiger partial charge in [-0.3, -0.25) is 4.57 Å². The molecule has 0 N–H and O–H groups in total. The molecule has 9 rings (SSSR count). The third-order valence-corrected chi connectivity index (χ3v) is 9.21. The van der Waals surface area contributed by atoms with Gasteiger partial charge in [-0.25, -0.2) is 4.98 Å². The number of nitrogens with zero attached hydrogens (tertiary/aromatic N) is 2. The summed E-state index contributed by atoms with van der Waals surface area (Å²) in [6.45, 7) is 0. The van der Waals surface area contributed by atoms with Gasteiger partial charge >= 0.3 is 0 Å². The van der Waals surface area contributed by atoms with Gasteiger partial charge in [-0.15, -0.1) is 0 Å². The van der Waals surface area contributed by atoms with Crippen molar-refractivity contribution in [1.82, 2.24) is 9.55 Å². The van der Waals surface area contributed by atoms with Gasteiger partial charge in [0.05, 0.1) is 11.0 Å².